The number of thioether (sulfide) groups is 1. The van der Waals surface area contributed by atoms with Crippen LogP contribution in [0.2, 0.25) is 0 Å². The molecule has 0 aliphatic carbocycles. The zero-order valence-electron chi connectivity index (χ0n) is 18.3. The van der Waals surface area contributed by atoms with E-state index in [4.69, 9.17) is 4.74 Å². The Morgan fingerprint density at radius 1 is 1.33 bits per heavy atom. The second-order valence-corrected chi connectivity index (χ2v) is 10.8. The summed E-state index contributed by atoms with van der Waals surface area (Å²) < 4.78 is 9.76. The van der Waals surface area contributed by atoms with Gasteiger partial charge in [0.2, 0.25) is 5.91 Å². The molecule has 1 aliphatic rings. The number of aromatic nitrogens is 6. The van der Waals surface area contributed by atoms with E-state index in [-0.39, 0.29) is 17.3 Å². The summed E-state index contributed by atoms with van der Waals surface area (Å²) >= 11 is 3.02. The lowest BCUT2D eigenvalue weighted by Gasteiger charge is -2.30. The maximum Gasteiger partial charge on any atom is 0.260 e. The molecule has 0 atom stereocenters. The van der Waals surface area contributed by atoms with Crippen molar-refractivity contribution in [1.82, 2.24) is 29.2 Å². The summed E-state index contributed by atoms with van der Waals surface area (Å²) in [6.07, 6.45) is 2.33. The molecule has 5 aromatic rings. The van der Waals surface area contributed by atoms with Gasteiger partial charge in [-0.15, -0.1) is 21.5 Å². The predicted octanol–water partition coefficient (Wildman–Crippen LogP) is 3.88. The van der Waals surface area contributed by atoms with Crippen LogP contribution in [0.5, 0.6) is 0 Å². The van der Waals surface area contributed by atoms with Gasteiger partial charge in [-0.2, -0.15) is 9.61 Å². The maximum atomic E-state index is 12.6. The van der Waals surface area contributed by atoms with Crippen molar-refractivity contribution in [2.24, 2.45) is 0 Å². The molecule has 0 saturated carbocycles. The fourth-order valence-corrected chi connectivity index (χ4v) is 6.22. The highest BCUT2D eigenvalue weighted by Gasteiger charge is 2.32. The van der Waals surface area contributed by atoms with Crippen LogP contribution in [0.4, 0.5) is 5.69 Å². The Kier molecular flexibility index (Phi) is 4.68. The van der Waals surface area contributed by atoms with Crippen molar-refractivity contribution in [3.63, 3.8) is 0 Å². The first kappa shape index (κ1) is 20.6. The van der Waals surface area contributed by atoms with E-state index in [1.807, 2.05) is 35.6 Å². The van der Waals surface area contributed by atoms with E-state index in [0.717, 1.165) is 33.5 Å². The topological polar surface area (TPSA) is 98.7 Å². The van der Waals surface area contributed by atoms with E-state index in [2.05, 4.69) is 39.4 Å². The van der Waals surface area contributed by atoms with Crippen molar-refractivity contribution < 1.29 is 9.53 Å². The van der Waals surface area contributed by atoms with Gasteiger partial charge in [0.15, 0.2) is 10.8 Å². The van der Waals surface area contributed by atoms with Crippen LogP contribution in [-0.4, -0.2) is 46.5 Å². The quantitative estimate of drug-likeness (QED) is 0.391. The Bertz CT molecular complexity index is 1550. The average Bonchev–Trinajstić information content (AvgIpc) is 3.47. The van der Waals surface area contributed by atoms with E-state index >= 15 is 0 Å². The van der Waals surface area contributed by atoms with E-state index in [1.54, 1.807) is 22.2 Å². The van der Waals surface area contributed by atoms with Crippen LogP contribution in [0.1, 0.15) is 29.9 Å². The highest BCUT2D eigenvalue weighted by Crippen LogP contribution is 2.41. The van der Waals surface area contributed by atoms with Crippen LogP contribution in [0, 0.1) is 6.92 Å². The Hall–Kier alpha value is -3.02. The normalized spacial score (nSPS) is 15.4. The molecule has 1 aliphatic heterocycles. The number of aryl methyl sites for hydroxylation is 1. The number of anilines is 1. The number of hydrogen-bond donors (Lipinski definition) is 1. The zero-order chi connectivity index (χ0) is 22.7. The fraction of sp³-hybridized carbons (Fsp3) is 0.318. The number of benzene rings is 1. The second kappa shape index (κ2) is 7.51. The number of thiophene rings is 1. The molecule has 1 N–H and O–H groups in total. The summed E-state index contributed by atoms with van der Waals surface area (Å²) in [5.41, 5.74) is 3.65. The number of carbonyl (C=O) groups excluding carboxylic acids is 1. The summed E-state index contributed by atoms with van der Waals surface area (Å²) in [6.45, 7) is 6.76. The molecule has 11 heteroatoms. The average molecular weight is 480 g/mol. The molecule has 9 nitrogen and oxygen atoms in total. The number of hydrogen-bond acceptors (Lipinski definition) is 8. The third-order valence-corrected chi connectivity index (χ3v) is 7.80. The zero-order valence-corrected chi connectivity index (χ0v) is 20.0. The molecule has 6 rings (SSSR count). The minimum Gasteiger partial charge on any atom is -0.370 e. The van der Waals surface area contributed by atoms with Gasteiger partial charge in [-0.3, -0.25) is 4.79 Å². The summed E-state index contributed by atoms with van der Waals surface area (Å²) in [4.78, 5) is 19.3. The molecule has 0 saturated heterocycles. The smallest absolute Gasteiger partial charge is 0.260 e. The van der Waals surface area contributed by atoms with Crippen molar-refractivity contribution in [1.29, 1.82) is 0 Å². The summed E-state index contributed by atoms with van der Waals surface area (Å²) in [6, 6.07) is 7.75. The molecule has 0 spiro atoms. The SMILES string of the molecule is Cc1cccc(NC(=O)CSc2nnc3n4ncnc4c4c5c(sc4n23)COC(C)(C)C5)c1. The van der Waals surface area contributed by atoms with Gasteiger partial charge in [-0.1, -0.05) is 23.9 Å². The fourth-order valence-electron chi connectivity index (χ4n) is 4.21. The molecule has 0 fully saturated rings. The van der Waals surface area contributed by atoms with Gasteiger partial charge >= 0.3 is 0 Å². The Morgan fingerprint density at radius 2 is 2.21 bits per heavy atom. The highest BCUT2D eigenvalue weighted by atomic mass is 32.2. The number of amides is 1. The number of fused-ring (bicyclic) bond motifs is 8. The van der Waals surface area contributed by atoms with Crippen LogP contribution < -0.4 is 5.32 Å². The molecular weight excluding hydrogens is 458 g/mol. The lowest BCUT2D eigenvalue weighted by Crippen LogP contribution is -2.31. The van der Waals surface area contributed by atoms with Crippen LogP contribution in [0.25, 0.3) is 21.6 Å². The third-order valence-electron chi connectivity index (χ3n) is 5.68. The van der Waals surface area contributed by atoms with E-state index in [1.165, 1.54) is 22.2 Å². The molecule has 33 heavy (non-hydrogen) atoms. The molecule has 5 heterocycles. The van der Waals surface area contributed by atoms with Crippen molar-refractivity contribution in [3.8, 4) is 0 Å². The van der Waals surface area contributed by atoms with E-state index < -0.39 is 0 Å². The molecule has 0 radical (unpaired) electrons. The van der Waals surface area contributed by atoms with Crippen LogP contribution >= 0.6 is 23.1 Å². The number of rotatable bonds is 4. The lowest BCUT2D eigenvalue weighted by atomic mass is 9.94. The summed E-state index contributed by atoms with van der Waals surface area (Å²) in [5, 5.41) is 17.8. The third kappa shape index (κ3) is 3.47. The second-order valence-electron chi connectivity index (χ2n) is 8.73. The standard InChI is InChI=1S/C22H21N7O2S2/c1-12-5-4-6-13(7-12)25-16(30)10-32-21-27-26-20-28(21)19-17(18-23-11-24-29(18)20)14-8-22(2,3)31-9-15(14)33-19/h4-7,11H,8-10H2,1-3H3,(H,25,30). The van der Waals surface area contributed by atoms with Gasteiger partial charge in [0.1, 0.15) is 11.2 Å². The Morgan fingerprint density at radius 3 is 3.06 bits per heavy atom. The number of nitrogens with one attached hydrogen (secondary N) is 1. The first-order valence-electron chi connectivity index (χ1n) is 10.5. The first-order chi connectivity index (χ1) is 15.9. The predicted molar refractivity (Wildman–Crippen MR) is 128 cm³/mol. The van der Waals surface area contributed by atoms with E-state index in [0.29, 0.717) is 17.5 Å². The van der Waals surface area contributed by atoms with Crippen molar-refractivity contribution in [3.05, 3.63) is 46.6 Å². The maximum absolute atomic E-state index is 12.6. The lowest BCUT2D eigenvalue weighted by molar-refractivity contribution is -0.113. The Balaban J connectivity index is 1.40. The summed E-state index contributed by atoms with van der Waals surface area (Å²) in [7, 11) is 0. The molecular formula is C22H21N7O2S2. The number of carbonyl (C=O) groups is 1. The molecule has 1 aromatic carbocycles. The van der Waals surface area contributed by atoms with Gasteiger partial charge in [0, 0.05) is 17.0 Å². The first-order valence-corrected chi connectivity index (χ1v) is 12.3. The molecule has 0 bridgehead atoms. The Labute approximate surface area is 197 Å². The minimum atomic E-state index is -0.244. The largest absolute Gasteiger partial charge is 0.370 e. The van der Waals surface area contributed by atoms with Crippen molar-refractivity contribution in [2.45, 2.75) is 44.6 Å². The summed E-state index contributed by atoms with van der Waals surface area (Å²) in [5.74, 6) is 0.698. The monoisotopic (exact) mass is 479 g/mol. The van der Waals surface area contributed by atoms with E-state index in [9.17, 15) is 4.79 Å². The van der Waals surface area contributed by atoms with Gasteiger partial charge < -0.3 is 10.1 Å². The molecule has 0 unspecified atom stereocenters. The minimum absolute atomic E-state index is 0.0962. The van der Waals surface area contributed by atoms with Gasteiger partial charge in [0.05, 0.1) is 23.3 Å². The van der Waals surface area contributed by atoms with Gasteiger partial charge in [-0.25, -0.2) is 9.38 Å². The van der Waals surface area contributed by atoms with Gasteiger partial charge in [0.25, 0.3) is 5.78 Å². The van der Waals surface area contributed by atoms with Crippen molar-refractivity contribution in [2.75, 3.05) is 11.1 Å². The molecule has 168 valence electrons. The van der Waals surface area contributed by atoms with Crippen LogP contribution in [0.3, 0.4) is 0 Å². The number of nitrogens with zero attached hydrogens (tertiary/aromatic N) is 6. The van der Waals surface area contributed by atoms with Crippen LogP contribution in [-0.2, 0) is 22.6 Å². The van der Waals surface area contributed by atoms with Crippen LogP contribution in [0.15, 0.2) is 35.7 Å². The molecule has 4 aromatic heterocycles. The van der Waals surface area contributed by atoms with Crippen molar-refractivity contribution >= 4 is 56.3 Å². The number of ether oxygens (including phenoxy) is 1. The van der Waals surface area contributed by atoms with Gasteiger partial charge in [-0.05, 0) is 44.0 Å². The highest BCUT2D eigenvalue weighted by molar-refractivity contribution is 7.99. The molecule has 1 amide bonds.